The van der Waals surface area contributed by atoms with Crippen LogP contribution in [0.25, 0.3) is 0 Å². The maximum absolute atomic E-state index is 10.1. The molecule has 0 rings (SSSR count). The van der Waals surface area contributed by atoms with Crippen molar-refractivity contribution in [3.8, 4) is 0 Å². The van der Waals surface area contributed by atoms with Crippen molar-refractivity contribution in [1.29, 1.82) is 0 Å². The molecule has 0 aromatic carbocycles. The number of carboxylic acids is 1. The van der Waals surface area contributed by atoms with Crippen molar-refractivity contribution in [2.24, 2.45) is 5.92 Å². The molecule has 0 aromatic heterocycles. The molecule has 0 fully saturated rings. The molecule has 8 heavy (non-hydrogen) atoms. The van der Waals surface area contributed by atoms with Gasteiger partial charge in [-0.25, -0.2) is 0 Å². The number of rotatable bonds is 3. The van der Waals surface area contributed by atoms with E-state index in [1.54, 1.807) is 6.92 Å². The highest BCUT2D eigenvalue weighted by atomic mass is 35.5. The van der Waals surface area contributed by atoms with Gasteiger partial charge in [-0.05, 0) is 6.42 Å². The van der Waals surface area contributed by atoms with Gasteiger partial charge in [-0.15, -0.1) is 11.6 Å². The summed E-state index contributed by atoms with van der Waals surface area (Å²) in [6.45, 7) is 1.81. The highest BCUT2D eigenvalue weighted by Crippen LogP contribution is 2.03. The van der Waals surface area contributed by atoms with Gasteiger partial charge in [-0.1, -0.05) is 6.92 Å². The topological polar surface area (TPSA) is 37.3 Å². The van der Waals surface area contributed by atoms with E-state index in [-0.39, 0.29) is 11.8 Å². The van der Waals surface area contributed by atoms with Gasteiger partial charge in [0.25, 0.3) is 0 Å². The van der Waals surface area contributed by atoms with Crippen LogP contribution >= 0.6 is 11.6 Å². The second-order valence-electron chi connectivity index (χ2n) is 1.60. The lowest BCUT2D eigenvalue weighted by atomic mass is 10.1. The Hall–Kier alpha value is -0.240. The Morgan fingerprint density at radius 1 is 1.88 bits per heavy atom. The van der Waals surface area contributed by atoms with Crippen LogP contribution in [0.2, 0.25) is 0 Å². The van der Waals surface area contributed by atoms with Gasteiger partial charge in [-0.2, -0.15) is 0 Å². The molecule has 0 aliphatic carbocycles. The average molecular weight is 137 g/mol. The van der Waals surface area contributed by atoms with Crippen molar-refractivity contribution in [3.63, 3.8) is 0 Å². The van der Waals surface area contributed by atoms with Crippen molar-refractivity contribution in [2.45, 2.75) is 13.3 Å². The quantitative estimate of drug-likeness (QED) is 0.595. The third-order valence-corrected chi connectivity index (χ3v) is 1.40. The van der Waals surface area contributed by atoms with Crippen molar-refractivity contribution >= 4 is 17.6 Å². The lowest BCUT2D eigenvalue weighted by Gasteiger charge is -2.01. The third kappa shape index (κ3) is 2.17. The Labute approximate surface area is 53.5 Å². The van der Waals surface area contributed by atoms with Crippen LogP contribution in [0.15, 0.2) is 0 Å². The Morgan fingerprint density at radius 2 is 2.38 bits per heavy atom. The first-order valence-electron chi connectivity index (χ1n) is 2.51. The van der Waals surface area contributed by atoms with Crippen LogP contribution in [0.1, 0.15) is 13.3 Å². The zero-order valence-corrected chi connectivity index (χ0v) is 5.48. The van der Waals surface area contributed by atoms with Crippen LogP contribution in [0.4, 0.5) is 0 Å². The first-order valence-corrected chi connectivity index (χ1v) is 3.04. The fraction of sp³-hybridized carbons (Fsp3) is 0.800. The molecule has 0 amide bonds. The summed E-state index contributed by atoms with van der Waals surface area (Å²) in [5.74, 6) is -0.953. The Kier molecular flexibility index (Phi) is 3.61. The first kappa shape index (κ1) is 7.76. The molecule has 1 N–H and O–H groups in total. The van der Waals surface area contributed by atoms with Crippen LogP contribution in [0.3, 0.4) is 0 Å². The van der Waals surface area contributed by atoms with Crippen LogP contribution in [0.5, 0.6) is 0 Å². The highest BCUT2D eigenvalue weighted by molar-refractivity contribution is 6.19. The molecule has 1 unspecified atom stereocenters. The molecule has 48 valence electrons. The SMILES string of the molecule is CCC(CCl)C(=O)O. The Balaban J connectivity index is 3.52. The third-order valence-electron chi connectivity index (χ3n) is 1.03. The van der Waals surface area contributed by atoms with E-state index in [0.717, 1.165) is 0 Å². The normalized spacial score (nSPS) is 13.2. The summed E-state index contributed by atoms with van der Waals surface area (Å²) in [6.07, 6.45) is 0.610. The van der Waals surface area contributed by atoms with E-state index >= 15 is 0 Å². The van der Waals surface area contributed by atoms with Gasteiger partial charge in [0.05, 0.1) is 5.92 Å². The number of hydrogen-bond donors (Lipinski definition) is 1. The van der Waals surface area contributed by atoms with Crippen molar-refractivity contribution in [2.75, 3.05) is 5.88 Å². The lowest BCUT2D eigenvalue weighted by Crippen LogP contribution is -2.13. The van der Waals surface area contributed by atoms with E-state index in [9.17, 15) is 4.79 Å². The molecule has 2 nitrogen and oxygen atoms in total. The van der Waals surface area contributed by atoms with E-state index in [1.807, 2.05) is 0 Å². The minimum atomic E-state index is -0.803. The van der Waals surface area contributed by atoms with Crippen LogP contribution in [-0.2, 0) is 4.79 Å². The molecule has 0 heterocycles. The maximum Gasteiger partial charge on any atom is 0.307 e. The summed E-state index contributed by atoms with van der Waals surface area (Å²) >= 11 is 5.28. The van der Waals surface area contributed by atoms with Crippen LogP contribution in [0, 0.1) is 5.92 Å². The second kappa shape index (κ2) is 3.72. The average Bonchev–Trinajstić information content (AvgIpc) is 1.69. The Morgan fingerprint density at radius 3 is 2.38 bits per heavy atom. The molecule has 3 heteroatoms. The predicted octanol–water partition coefficient (Wildman–Crippen LogP) is 1.34. The summed E-state index contributed by atoms with van der Waals surface area (Å²) in [7, 11) is 0. The number of halogens is 1. The molecule has 0 bridgehead atoms. The number of alkyl halides is 1. The summed E-state index contributed by atoms with van der Waals surface area (Å²) in [6, 6.07) is 0. The van der Waals surface area contributed by atoms with E-state index in [1.165, 1.54) is 0 Å². The number of carbonyl (C=O) groups is 1. The van der Waals surface area contributed by atoms with Gasteiger partial charge < -0.3 is 5.11 Å². The van der Waals surface area contributed by atoms with E-state index in [2.05, 4.69) is 0 Å². The van der Waals surface area contributed by atoms with E-state index < -0.39 is 5.97 Å². The van der Waals surface area contributed by atoms with Gasteiger partial charge in [-0.3, -0.25) is 4.79 Å². The number of aliphatic carboxylic acids is 1. The van der Waals surface area contributed by atoms with Crippen LogP contribution < -0.4 is 0 Å². The van der Waals surface area contributed by atoms with Gasteiger partial charge >= 0.3 is 5.97 Å². The molecular formula is C5H9ClO2. The van der Waals surface area contributed by atoms with Crippen LogP contribution in [-0.4, -0.2) is 17.0 Å². The molecule has 0 saturated heterocycles. The van der Waals surface area contributed by atoms with Crippen molar-refractivity contribution in [3.05, 3.63) is 0 Å². The fourth-order valence-corrected chi connectivity index (χ4v) is 0.700. The van der Waals surface area contributed by atoms with Crippen molar-refractivity contribution in [1.82, 2.24) is 0 Å². The minimum Gasteiger partial charge on any atom is -0.481 e. The smallest absolute Gasteiger partial charge is 0.307 e. The minimum absolute atomic E-state index is 0.214. The van der Waals surface area contributed by atoms with Crippen molar-refractivity contribution < 1.29 is 9.90 Å². The van der Waals surface area contributed by atoms with Gasteiger partial charge in [0.1, 0.15) is 0 Å². The van der Waals surface area contributed by atoms with Gasteiger partial charge in [0.15, 0.2) is 0 Å². The standard InChI is InChI=1S/C5H9ClO2/c1-2-4(3-6)5(7)8/h4H,2-3H2,1H3,(H,7,8). The molecule has 0 spiro atoms. The number of hydrogen-bond acceptors (Lipinski definition) is 1. The van der Waals surface area contributed by atoms with E-state index in [4.69, 9.17) is 16.7 Å². The molecule has 0 radical (unpaired) electrons. The molecule has 0 aliphatic rings. The lowest BCUT2D eigenvalue weighted by molar-refractivity contribution is -0.141. The molecular weight excluding hydrogens is 128 g/mol. The molecule has 0 aliphatic heterocycles. The fourth-order valence-electron chi connectivity index (χ4n) is 0.350. The summed E-state index contributed by atoms with van der Waals surface area (Å²) in [5.41, 5.74) is 0. The monoisotopic (exact) mass is 136 g/mol. The molecule has 0 saturated carbocycles. The maximum atomic E-state index is 10.1. The first-order chi connectivity index (χ1) is 3.72. The Bertz CT molecular complexity index is 78.5. The zero-order chi connectivity index (χ0) is 6.57. The zero-order valence-electron chi connectivity index (χ0n) is 4.72. The summed E-state index contributed by atoms with van der Waals surface area (Å²) in [4.78, 5) is 10.1. The predicted molar refractivity (Wildman–Crippen MR) is 32.1 cm³/mol. The van der Waals surface area contributed by atoms with Gasteiger partial charge in [0.2, 0.25) is 0 Å². The second-order valence-corrected chi connectivity index (χ2v) is 1.91. The summed E-state index contributed by atoms with van der Waals surface area (Å²) in [5, 5.41) is 8.29. The number of carboxylic acid groups (broad SMARTS) is 1. The van der Waals surface area contributed by atoms with E-state index in [0.29, 0.717) is 6.42 Å². The molecule has 1 atom stereocenters. The summed E-state index contributed by atoms with van der Waals surface area (Å²) < 4.78 is 0. The highest BCUT2D eigenvalue weighted by Gasteiger charge is 2.11. The van der Waals surface area contributed by atoms with Gasteiger partial charge in [0, 0.05) is 5.88 Å². The largest absolute Gasteiger partial charge is 0.481 e. The molecule has 0 aromatic rings.